The van der Waals surface area contributed by atoms with Crippen molar-refractivity contribution in [3.63, 3.8) is 0 Å². The van der Waals surface area contributed by atoms with Gasteiger partial charge in [0.15, 0.2) is 5.76 Å². The predicted molar refractivity (Wildman–Crippen MR) is 68.8 cm³/mol. The van der Waals surface area contributed by atoms with Crippen LogP contribution in [0.5, 0.6) is 0 Å². The molecule has 0 radical (unpaired) electrons. The van der Waals surface area contributed by atoms with E-state index in [0.29, 0.717) is 18.8 Å². The number of furan rings is 1. The second-order valence-corrected chi connectivity index (χ2v) is 3.99. The first-order valence-corrected chi connectivity index (χ1v) is 5.89. The Balaban J connectivity index is 1.71. The van der Waals surface area contributed by atoms with Crippen molar-refractivity contribution in [1.82, 2.24) is 15.2 Å². The second-order valence-electron chi connectivity index (χ2n) is 3.99. The van der Waals surface area contributed by atoms with Gasteiger partial charge in [-0.15, -0.1) is 0 Å². The van der Waals surface area contributed by atoms with Crippen molar-refractivity contribution in [3.05, 3.63) is 48.2 Å². The molecule has 0 aliphatic rings. The number of carbonyl (C=O) groups is 2. The number of aromatic nitrogens is 1. The van der Waals surface area contributed by atoms with Crippen LogP contribution in [0.25, 0.3) is 0 Å². The molecule has 0 spiro atoms. The number of nitrogens with one attached hydrogen (secondary N) is 2. The molecule has 6 nitrogen and oxygen atoms in total. The van der Waals surface area contributed by atoms with Crippen LogP contribution in [0.4, 0.5) is 0 Å². The van der Waals surface area contributed by atoms with Gasteiger partial charge in [0.05, 0.1) is 6.26 Å². The Labute approximate surface area is 110 Å². The molecule has 6 heteroatoms. The first-order valence-electron chi connectivity index (χ1n) is 5.89. The molecule has 0 aliphatic heterocycles. The smallest absolute Gasteiger partial charge is 0.287 e. The quantitative estimate of drug-likeness (QED) is 0.781. The van der Waals surface area contributed by atoms with Crippen LogP contribution in [-0.4, -0.2) is 29.5 Å². The molecule has 2 heterocycles. The van der Waals surface area contributed by atoms with E-state index >= 15 is 0 Å². The molecular weight excluding hydrogens is 246 g/mol. The minimum Gasteiger partial charge on any atom is -0.459 e. The van der Waals surface area contributed by atoms with E-state index < -0.39 is 0 Å². The topological polar surface area (TPSA) is 76.3 Å². The van der Waals surface area contributed by atoms with Crippen molar-refractivity contribution in [2.45, 2.75) is 0 Å². The van der Waals surface area contributed by atoms with Crippen molar-refractivity contribution >= 4 is 11.8 Å². The van der Waals surface area contributed by atoms with Gasteiger partial charge in [-0.1, -0.05) is 0 Å². The third-order valence-corrected chi connectivity index (χ3v) is 2.62. The van der Waals surface area contributed by atoms with Crippen molar-refractivity contribution in [2.24, 2.45) is 7.05 Å². The first kappa shape index (κ1) is 12.9. The molecule has 2 aromatic rings. The Morgan fingerprint density at radius 3 is 2.47 bits per heavy atom. The van der Waals surface area contributed by atoms with Crippen LogP contribution in [0.3, 0.4) is 0 Å². The van der Waals surface area contributed by atoms with Gasteiger partial charge in [0.1, 0.15) is 5.69 Å². The summed E-state index contributed by atoms with van der Waals surface area (Å²) in [6.45, 7) is 0.701. The number of rotatable bonds is 5. The van der Waals surface area contributed by atoms with Gasteiger partial charge < -0.3 is 19.6 Å². The summed E-state index contributed by atoms with van der Waals surface area (Å²) in [5.41, 5.74) is 0.581. The van der Waals surface area contributed by atoms with Gasteiger partial charge in [-0.2, -0.15) is 0 Å². The van der Waals surface area contributed by atoms with Gasteiger partial charge in [-0.3, -0.25) is 9.59 Å². The van der Waals surface area contributed by atoms with Crippen LogP contribution >= 0.6 is 0 Å². The zero-order valence-electron chi connectivity index (χ0n) is 10.6. The maximum absolute atomic E-state index is 11.7. The lowest BCUT2D eigenvalue weighted by Gasteiger charge is -2.06. The van der Waals surface area contributed by atoms with Crippen LogP contribution in [0.15, 0.2) is 41.1 Å². The lowest BCUT2D eigenvalue weighted by molar-refractivity contribution is 0.0908. The maximum Gasteiger partial charge on any atom is 0.287 e. The number of hydrogen-bond acceptors (Lipinski definition) is 3. The number of aryl methyl sites for hydroxylation is 1. The first-order chi connectivity index (χ1) is 9.18. The van der Waals surface area contributed by atoms with Crippen molar-refractivity contribution in [1.29, 1.82) is 0 Å². The highest BCUT2D eigenvalue weighted by atomic mass is 16.3. The van der Waals surface area contributed by atoms with Crippen molar-refractivity contribution in [3.8, 4) is 0 Å². The van der Waals surface area contributed by atoms with E-state index in [2.05, 4.69) is 10.6 Å². The van der Waals surface area contributed by atoms with E-state index in [-0.39, 0.29) is 17.6 Å². The summed E-state index contributed by atoms with van der Waals surface area (Å²) >= 11 is 0. The fraction of sp³-hybridized carbons (Fsp3) is 0.231. The van der Waals surface area contributed by atoms with E-state index in [1.807, 2.05) is 0 Å². The highest BCUT2D eigenvalue weighted by Crippen LogP contribution is 1.99. The van der Waals surface area contributed by atoms with E-state index in [4.69, 9.17) is 4.42 Å². The highest BCUT2D eigenvalue weighted by Gasteiger charge is 2.09. The van der Waals surface area contributed by atoms with E-state index in [1.54, 1.807) is 42.1 Å². The lowest BCUT2D eigenvalue weighted by atomic mass is 10.4. The molecule has 0 aromatic carbocycles. The Kier molecular flexibility index (Phi) is 4.02. The summed E-state index contributed by atoms with van der Waals surface area (Å²) in [6, 6.07) is 6.76. The van der Waals surface area contributed by atoms with Crippen molar-refractivity contribution < 1.29 is 14.0 Å². The summed E-state index contributed by atoms with van der Waals surface area (Å²) in [5.74, 6) is -0.202. The van der Waals surface area contributed by atoms with Crippen LogP contribution in [0.1, 0.15) is 21.0 Å². The van der Waals surface area contributed by atoms with Crippen LogP contribution in [0.2, 0.25) is 0 Å². The standard InChI is InChI=1S/C13H15N3O3/c1-16-8-2-4-10(16)12(17)14-6-7-15-13(18)11-5-3-9-19-11/h2-5,8-9H,6-7H2,1H3,(H,14,17)(H,15,18). The predicted octanol–water partition coefficient (Wildman–Crippen LogP) is 0.778. The number of amides is 2. The molecule has 100 valence electrons. The molecule has 2 rings (SSSR count). The molecule has 0 aliphatic carbocycles. The molecule has 19 heavy (non-hydrogen) atoms. The Bertz CT molecular complexity index is 557. The number of hydrogen-bond donors (Lipinski definition) is 2. The monoisotopic (exact) mass is 261 g/mol. The lowest BCUT2D eigenvalue weighted by Crippen LogP contribution is -2.35. The summed E-state index contributed by atoms with van der Waals surface area (Å²) in [4.78, 5) is 23.2. The average molecular weight is 261 g/mol. The summed E-state index contributed by atoms with van der Waals surface area (Å²) in [5, 5.41) is 5.37. The summed E-state index contributed by atoms with van der Waals surface area (Å²) < 4.78 is 6.68. The average Bonchev–Trinajstić information content (AvgIpc) is 3.04. The fourth-order valence-electron chi connectivity index (χ4n) is 1.63. The minimum atomic E-state index is -0.293. The molecule has 2 N–H and O–H groups in total. The third-order valence-electron chi connectivity index (χ3n) is 2.62. The molecule has 0 saturated heterocycles. The summed E-state index contributed by atoms with van der Waals surface area (Å²) in [6.07, 6.45) is 3.24. The van der Waals surface area contributed by atoms with Crippen molar-refractivity contribution in [2.75, 3.05) is 13.1 Å². The van der Waals surface area contributed by atoms with Crippen LogP contribution < -0.4 is 10.6 Å². The molecule has 0 unspecified atom stereocenters. The number of carbonyl (C=O) groups excluding carboxylic acids is 2. The number of nitrogens with zero attached hydrogens (tertiary/aromatic N) is 1. The molecule has 0 saturated carbocycles. The summed E-state index contributed by atoms with van der Waals surface area (Å²) in [7, 11) is 1.80. The van der Waals surface area contributed by atoms with E-state index in [1.165, 1.54) is 6.26 Å². The molecule has 0 fully saturated rings. The van der Waals surface area contributed by atoms with Crippen LogP contribution in [0, 0.1) is 0 Å². The molecule has 0 bridgehead atoms. The second kappa shape index (κ2) is 5.90. The molecule has 2 aromatic heterocycles. The highest BCUT2D eigenvalue weighted by molar-refractivity contribution is 5.93. The molecular formula is C13H15N3O3. The van der Waals surface area contributed by atoms with Gasteiger partial charge in [-0.05, 0) is 24.3 Å². The van der Waals surface area contributed by atoms with Crippen LogP contribution in [-0.2, 0) is 7.05 Å². The SMILES string of the molecule is Cn1cccc1C(=O)NCCNC(=O)c1ccco1. The largest absolute Gasteiger partial charge is 0.459 e. The third kappa shape index (κ3) is 3.25. The van der Waals surface area contributed by atoms with E-state index in [9.17, 15) is 9.59 Å². The Morgan fingerprint density at radius 2 is 1.89 bits per heavy atom. The van der Waals surface area contributed by atoms with Gasteiger partial charge >= 0.3 is 0 Å². The normalized spacial score (nSPS) is 10.2. The molecule has 2 amide bonds. The maximum atomic E-state index is 11.7. The Morgan fingerprint density at radius 1 is 1.16 bits per heavy atom. The molecule has 0 atom stereocenters. The van der Waals surface area contributed by atoms with Gasteiger partial charge in [0.25, 0.3) is 11.8 Å². The van der Waals surface area contributed by atoms with Gasteiger partial charge in [0.2, 0.25) is 0 Å². The zero-order valence-corrected chi connectivity index (χ0v) is 10.6. The minimum absolute atomic E-state index is 0.167. The Hall–Kier alpha value is -2.50. The van der Waals surface area contributed by atoms with E-state index in [0.717, 1.165) is 0 Å². The van der Waals surface area contributed by atoms with Gasteiger partial charge in [-0.25, -0.2) is 0 Å². The zero-order chi connectivity index (χ0) is 13.7. The fourth-order valence-corrected chi connectivity index (χ4v) is 1.63. The van der Waals surface area contributed by atoms with Gasteiger partial charge in [0, 0.05) is 26.3 Å².